The molecule has 1 aliphatic heterocycles. The average molecular weight is 366 g/mol. The molecule has 3 N–H and O–H groups in total. The first-order chi connectivity index (χ1) is 11.6. The van der Waals surface area contributed by atoms with Gasteiger partial charge in [0.15, 0.2) is 0 Å². The Morgan fingerprint density at radius 3 is 2.56 bits per heavy atom. The summed E-state index contributed by atoms with van der Waals surface area (Å²) in [6, 6.07) is 5.93. The van der Waals surface area contributed by atoms with Crippen molar-refractivity contribution in [2.24, 2.45) is 16.6 Å². The van der Waals surface area contributed by atoms with E-state index in [4.69, 9.17) is 5.73 Å². The van der Waals surface area contributed by atoms with Crippen LogP contribution in [0.25, 0.3) is 0 Å². The Labute approximate surface area is 149 Å². The van der Waals surface area contributed by atoms with Gasteiger partial charge in [0.25, 0.3) is 10.0 Å². The van der Waals surface area contributed by atoms with Crippen molar-refractivity contribution in [1.29, 1.82) is 0 Å². The van der Waals surface area contributed by atoms with Crippen molar-refractivity contribution < 1.29 is 13.2 Å². The first kappa shape index (κ1) is 19.4. The molecule has 2 rings (SSSR count). The number of aliphatic imine (C=N–C) groups is 1. The van der Waals surface area contributed by atoms with Gasteiger partial charge in [-0.3, -0.25) is 14.5 Å². The number of likely N-dealkylation sites (N-methyl/N-ethyl adjacent to an activating group) is 1. The predicted molar refractivity (Wildman–Crippen MR) is 97.8 cm³/mol. The molecule has 0 bridgehead atoms. The molecule has 0 fully saturated rings. The molecule has 0 saturated heterocycles. The van der Waals surface area contributed by atoms with Crippen LogP contribution in [0.2, 0.25) is 0 Å². The van der Waals surface area contributed by atoms with E-state index < -0.39 is 16.1 Å². The number of fused-ring (bicyclic) bond motifs is 1. The molecule has 25 heavy (non-hydrogen) atoms. The van der Waals surface area contributed by atoms with Crippen LogP contribution >= 0.6 is 0 Å². The summed E-state index contributed by atoms with van der Waals surface area (Å²) in [6.07, 6.45) is 0.707. The maximum atomic E-state index is 12.5. The minimum Gasteiger partial charge on any atom is -0.344 e. The fourth-order valence-electron chi connectivity index (χ4n) is 2.58. The number of benzene rings is 1. The van der Waals surface area contributed by atoms with Gasteiger partial charge in [-0.15, -0.1) is 0 Å². The Bertz CT molecular complexity index is 774. The highest BCUT2D eigenvalue weighted by Gasteiger charge is 2.31. The summed E-state index contributed by atoms with van der Waals surface area (Å²) in [6.45, 7) is 6.29. The maximum Gasteiger partial charge on any atom is 0.263 e. The van der Waals surface area contributed by atoms with E-state index in [0.29, 0.717) is 24.4 Å². The fraction of sp³-hybridized carbons (Fsp3) is 0.529. The number of hydrogen-bond acceptors (Lipinski definition) is 5. The summed E-state index contributed by atoms with van der Waals surface area (Å²) in [5.41, 5.74) is 6.51. The maximum absolute atomic E-state index is 12.5. The number of rotatable bonds is 6. The lowest BCUT2D eigenvalue weighted by Crippen LogP contribution is -2.39. The zero-order valence-corrected chi connectivity index (χ0v) is 15.9. The largest absolute Gasteiger partial charge is 0.344 e. The van der Waals surface area contributed by atoms with E-state index in [1.807, 2.05) is 13.8 Å². The summed E-state index contributed by atoms with van der Waals surface area (Å²) in [4.78, 5) is 18.6. The van der Waals surface area contributed by atoms with Crippen LogP contribution in [0.5, 0.6) is 0 Å². The number of carbonyl (C=O) groups is 1. The van der Waals surface area contributed by atoms with Crippen LogP contribution in [0.4, 0.5) is 0 Å². The topological polar surface area (TPSA) is 105 Å². The highest BCUT2D eigenvalue weighted by molar-refractivity contribution is 7.90. The van der Waals surface area contributed by atoms with Crippen LogP contribution in [-0.4, -0.2) is 50.7 Å². The van der Waals surface area contributed by atoms with Crippen LogP contribution in [0.1, 0.15) is 32.8 Å². The van der Waals surface area contributed by atoms with Crippen molar-refractivity contribution in [3.8, 4) is 0 Å². The number of hydrogen-bond donors (Lipinski definition) is 2. The smallest absolute Gasteiger partial charge is 0.263 e. The molecule has 0 radical (unpaired) electrons. The van der Waals surface area contributed by atoms with E-state index in [2.05, 4.69) is 9.71 Å². The standard InChI is InChI=1S/C17H26N4O3S/c1-11(2)14(18)9-10-21(4)17(22)12(3)19-16-13-7-5-6-8-15(13)25(23,24)20-16/h5-8,11-12,14H,9-10,18H2,1-4H3,(H,19,20). The van der Waals surface area contributed by atoms with Crippen molar-refractivity contribution in [2.45, 2.75) is 44.2 Å². The van der Waals surface area contributed by atoms with Gasteiger partial charge >= 0.3 is 0 Å². The van der Waals surface area contributed by atoms with Gasteiger partial charge in [-0.1, -0.05) is 26.0 Å². The molecule has 1 heterocycles. The van der Waals surface area contributed by atoms with Gasteiger partial charge in [0.1, 0.15) is 11.9 Å². The minimum absolute atomic E-state index is 0.0328. The molecule has 0 spiro atoms. The number of amides is 1. The molecule has 2 atom stereocenters. The number of nitrogens with one attached hydrogen (secondary N) is 1. The van der Waals surface area contributed by atoms with Crippen molar-refractivity contribution in [2.75, 3.05) is 13.6 Å². The quantitative estimate of drug-likeness (QED) is 0.782. The Hall–Kier alpha value is -1.93. The molecule has 0 aliphatic carbocycles. The molecular weight excluding hydrogens is 340 g/mol. The van der Waals surface area contributed by atoms with E-state index in [9.17, 15) is 13.2 Å². The molecule has 1 aromatic rings. The first-order valence-corrected chi connectivity index (χ1v) is 9.82. The SMILES string of the molecule is CC(N=C1NS(=O)(=O)c2ccccc21)C(=O)N(C)CCC(N)C(C)C. The second-order valence-electron chi connectivity index (χ2n) is 6.71. The third-order valence-electron chi connectivity index (χ3n) is 4.37. The Kier molecular flexibility index (Phi) is 5.84. The van der Waals surface area contributed by atoms with Crippen molar-refractivity contribution >= 4 is 21.8 Å². The molecule has 7 nitrogen and oxygen atoms in total. The van der Waals surface area contributed by atoms with E-state index in [1.54, 1.807) is 37.1 Å². The molecule has 0 aromatic heterocycles. The highest BCUT2D eigenvalue weighted by Crippen LogP contribution is 2.22. The summed E-state index contributed by atoms with van der Waals surface area (Å²) >= 11 is 0. The third-order valence-corrected chi connectivity index (χ3v) is 5.77. The normalized spacial score (nSPS) is 19.4. The first-order valence-electron chi connectivity index (χ1n) is 8.34. The van der Waals surface area contributed by atoms with Crippen molar-refractivity contribution in [3.05, 3.63) is 29.8 Å². The zero-order chi connectivity index (χ0) is 18.8. The number of nitrogens with zero attached hydrogens (tertiary/aromatic N) is 2. The summed E-state index contributed by atoms with van der Waals surface area (Å²) in [5.74, 6) is 0.390. The second-order valence-corrected chi connectivity index (χ2v) is 8.36. The van der Waals surface area contributed by atoms with Gasteiger partial charge in [0.2, 0.25) is 5.91 Å². The number of sulfonamides is 1. The Morgan fingerprint density at radius 1 is 1.28 bits per heavy atom. The fourth-order valence-corrected chi connectivity index (χ4v) is 3.82. The molecule has 138 valence electrons. The zero-order valence-electron chi connectivity index (χ0n) is 15.1. The minimum atomic E-state index is -3.60. The summed E-state index contributed by atoms with van der Waals surface area (Å²) in [7, 11) is -1.89. The number of nitrogens with two attached hydrogens (primary N) is 1. The lowest BCUT2D eigenvalue weighted by atomic mass is 10.0. The van der Waals surface area contributed by atoms with Crippen LogP contribution in [0.3, 0.4) is 0 Å². The molecule has 8 heteroatoms. The third kappa shape index (κ3) is 4.38. The second kappa shape index (κ2) is 7.53. The van der Waals surface area contributed by atoms with Gasteiger partial charge in [0, 0.05) is 25.2 Å². The van der Waals surface area contributed by atoms with Crippen LogP contribution in [-0.2, 0) is 14.8 Å². The Morgan fingerprint density at radius 2 is 1.92 bits per heavy atom. The van der Waals surface area contributed by atoms with E-state index in [0.717, 1.165) is 0 Å². The molecule has 1 aliphatic rings. The van der Waals surface area contributed by atoms with Gasteiger partial charge in [0.05, 0.1) is 4.90 Å². The average Bonchev–Trinajstić information content (AvgIpc) is 2.82. The van der Waals surface area contributed by atoms with E-state index in [-0.39, 0.29) is 22.7 Å². The lowest BCUT2D eigenvalue weighted by molar-refractivity contribution is -0.130. The molecular formula is C17H26N4O3S. The predicted octanol–water partition coefficient (Wildman–Crippen LogP) is 0.945. The van der Waals surface area contributed by atoms with Crippen LogP contribution in [0.15, 0.2) is 34.2 Å². The van der Waals surface area contributed by atoms with Gasteiger partial charge in [-0.25, -0.2) is 8.42 Å². The van der Waals surface area contributed by atoms with Gasteiger partial charge in [-0.05, 0) is 31.4 Å². The number of amidine groups is 1. The van der Waals surface area contributed by atoms with Crippen LogP contribution < -0.4 is 10.5 Å². The van der Waals surface area contributed by atoms with Crippen molar-refractivity contribution in [1.82, 2.24) is 9.62 Å². The molecule has 1 amide bonds. The Balaban J connectivity index is 2.10. The summed E-state index contributed by atoms with van der Waals surface area (Å²) in [5, 5.41) is 0. The van der Waals surface area contributed by atoms with E-state index in [1.165, 1.54) is 6.07 Å². The van der Waals surface area contributed by atoms with E-state index >= 15 is 0 Å². The van der Waals surface area contributed by atoms with Gasteiger partial charge in [-0.2, -0.15) is 0 Å². The molecule has 1 aromatic carbocycles. The summed E-state index contributed by atoms with van der Waals surface area (Å²) < 4.78 is 26.6. The molecule has 0 saturated carbocycles. The molecule has 2 unspecified atom stereocenters. The monoisotopic (exact) mass is 366 g/mol. The number of carbonyl (C=O) groups excluding carboxylic acids is 1. The van der Waals surface area contributed by atoms with Crippen molar-refractivity contribution in [3.63, 3.8) is 0 Å². The highest BCUT2D eigenvalue weighted by atomic mass is 32.2. The van der Waals surface area contributed by atoms with Crippen LogP contribution in [0, 0.1) is 5.92 Å². The lowest BCUT2D eigenvalue weighted by Gasteiger charge is -2.23. The van der Waals surface area contributed by atoms with Gasteiger partial charge < -0.3 is 10.6 Å².